The minimum absolute atomic E-state index is 0.594. The summed E-state index contributed by atoms with van der Waals surface area (Å²) in [7, 11) is 0. The van der Waals surface area contributed by atoms with Crippen LogP contribution in [-0.2, 0) is 6.54 Å². The minimum Gasteiger partial charge on any atom is -0.490 e. The molecule has 23 heavy (non-hydrogen) atoms. The zero-order valence-corrected chi connectivity index (χ0v) is 15.9. The molecule has 0 atom stereocenters. The van der Waals surface area contributed by atoms with Gasteiger partial charge in [0.05, 0.1) is 17.7 Å². The maximum Gasteiger partial charge on any atom is 0.175 e. The van der Waals surface area contributed by atoms with Crippen LogP contribution in [0.2, 0.25) is 5.02 Å². The number of anilines is 1. The van der Waals surface area contributed by atoms with Crippen molar-refractivity contribution in [2.24, 2.45) is 0 Å². The quantitative estimate of drug-likeness (QED) is 0.637. The van der Waals surface area contributed by atoms with E-state index in [0.29, 0.717) is 19.8 Å². The summed E-state index contributed by atoms with van der Waals surface area (Å²) in [6.07, 6.45) is 0. The van der Waals surface area contributed by atoms with Gasteiger partial charge in [-0.2, -0.15) is 0 Å². The van der Waals surface area contributed by atoms with Gasteiger partial charge in [0.15, 0.2) is 11.5 Å². The fourth-order valence-electron chi connectivity index (χ4n) is 2.27. The van der Waals surface area contributed by atoms with Crippen LogP contribution in [0.15, 0.2) is 34.8 Å². The lowest BCUT2D eigenvalue weighted by Gasteiger charge is -2.16. The first-order valence-corrected chi connectivity index (χ1v) is 8.80. The van der Waals surface area contributed by atoms with E-state index in [1.54, 1.807) is 0 Å². The van der Waals surface area contributed by atoms with Gasteiger partial charge in [0.2, 0.25) is 0 Å². The molecule has 2 aromatic carbocycles. The predicted molar refractivity (Wildman–Crippen MR) is 100.0 cm³/mol. The van der Waals surface area contributed by atoms with E-state index in [-0.39, 0.29) is 0 Å². The van der Waals surface area contributed by atoms with E-state index in [1.807, 2.05) is 51.1 Å². The topological polar surface area (TPSA) is 30.5 Å². The Morgan fingerprint density at radius 3 is 2.57 bits per heavy atom. The molecule has 0 spiro atoms. The van der Waals surface area contributed by atoms with E-state index in [2.05, 4.69) is 21.2 Å². The molecule has 2 aromatic rings. The van der Waals surface area contributed by atoms with Crippen LogP contribution >= 0.6 is 27.5 Å². The average Bonchev–Trinajstić information content (AvgIpc) is 2.52. The summed E-state index contributed by atoms with van der Waals surface area (Å²) in [5.74, 6) is 1.50. The lowest BCUT2D eigenvalue weighted by atomic mass is 10.1. The molecule has 0 heterocycles. The number of rotatable bonds is 7. The number of halogens is 2. The van der Waals surface area contributed by atoms with Gasteiger partial charge in [-0.15, -0.1) is 0 Å². The van der Waals surface area contributed by atoms with Gasteiger partial charge in [-0.25, -0.2) is 0 Å². The largest absolute Gasteiger partial charge is 0.490 e. The monoisotopic (exact) mass is 397 g/mol. The summed E-state index contributed by atoms with van der Waals surface area (Å²) < 4.78 is 12.3. The Hall–Kier alpha value is -1.39. The van der Waals surface area contributed by atoms with Crippen molar-refractivity contribution < 1.29 is 9.47 Å². The molecule has 0 saturated carbocycles. The maximum absolute atomic E-state index is 6.16. The first-order valence-electron chi connectivity index (χ1n) is 7.63. The van der Waals surface area contributed by atoms with Crippen LogP contribution in [0.3, 0.4) is 0 Å². The minimum atomic E-state index is 0.594. The number of hydrogen-bond acceptors (Lipinski definition) is 3. The summed E-state index contributed by atoms with van der Waals surface area (Å²) in [6, 6.07) is 9.90. The molecular formula is C18H21BrClNO2. The van der Waals surface area contributed by atoms with Crippen molar-refractivity contribution in [3.05, 3.63) is 51.0 Å². The molecule has 0 bridgehead atoms. The second-order valence-electron chi connectivity index (χ2n) is 5.04. The van der Waals surface area contributed by atoms with Crippen LogP contribution in [0.25, 0.3) is 0 Å². The number of nitrogens with one attached hydrogen (secondary N) is 1. The second kappa shape index (κ2) is 8.46. The Morgan fingerprint density at radius 1 is 1.13 bits per heavy atom. The Morgan fingerprint density at radius 2 is 1.87 bits per heavy atom. The Bertz CT molecular complexity index is 676. The van der Waals surface area contributed by atoms with E-state index in [9.17, 15) is 0 Å². The van der Waals surface area contributed by atoms with E-state index in [1.165, 1.54) is 0 Å². The molecule has 5 heteroatoms. The highest BCUT2D eigenvalue weighted by molar-refractivity contribution is 9.10. The maximum atomic E-state index is 6.16. The Labute approximate surface area is 151 Å². The molecule has 2 rings (SSSR count). The molecule has 0 aliphatic rings. The summed E-state index contributed by atoms with van der Waals surface area (Å²) in [6.45, 7) is 7.79. The third kappa shape index (κ3) is 4.55. The van der Waals surface area contributed by atoms with E-state index < -0.39 is 0 Å². The van der Waals surface area contributed by atoms with Crippen LogP contribution in [0.1, 0.15) is 25.0 Å². The van der Waals surface area contributed by atoms with Crippen molar-refractivity contribution in [1.29, 1.82) is 0 Å². The summed E-state index contributed by atoms with van der Waals surface area (Å²) >= 11 is 9.73. The average molecular weight is 399 g/mol. The molecule has 0 aliphatic carbocycles. The molecule has 0 fully saturated rings. The number of benzene rings is 2. The highest BCUT2D eigenvalue weighted by Crippen LogP contribution is 2.37. The van der Waals surface area contributed by atoms with Gasteiger partial charge in [0.25, 0.3) is 0 Å². The van der Waals surface area contributed by atoms with Gasteiger partial charge < -0.3 is 14.8 Å². The Balaban J connectivity index is 2.21. The van der Waals surface area contributed by atoms with Crippen LogP contribution in [0.4, 0.5) is 5.69 Å². The van der Waals surface area contributed by atoms with Crippen molar-refractivity contribution in [3.63, 3.8) is 0 Å². The van der Waals surface area contributed by atoms with E-state index in [0.717, 1.165) is 37.8 Å². The first kappa shape index (κ1) is 18.0. The van der Waals surface area contributed by atoms with Crippen LogP contribution in [0, 0.1) is 6.92 Å². The smallest absolute Gasteiger partial charge is 0.175 e. The van der Waals surface area contributed by atoms with Gasteiger partial charge in [-0.3, -0.25) is 0 Å². The molecule has 0 saturated heterocycles. The van der Waals surface area contributed by atoms with Crippen molar-refractivity contribution in [2.75, 3.05) is 18.5 Å². The molecule has 0 unspecified atom stereocenters. The zero-order valence-electron chi connectivity index (χ0n) is 13.6. The fraction of sp³-hybridized carbons (Fsp3) is 0.333. The van der Waals surface area contributed by atoms with Crippen molar-refractivity contribution >= 4 is 33.2 Å². The second-order valence-corrected chi connectivity index (χ2v) is 6.30. The SMILES string of the molecule is CCOc1cc(CNc2cccc(Cl)c2C)cc(Br)c1OCC. The number of hydrogen-bond donors (Lipinski definition) is 1. The molecule has 0 aliphatic heterocycles. The highest BCUT2D eigenvalue weighted by Gasteiger charge is 2.12. The van der Waals surface area contributed by atoms with Crippen molar-refractivity contribution in [2.45, 2.75) is 27.3 Å². The van der Waals surface area contributed by atoms with E-state index in [4.69, 9.17) is 21.1 Å². The van der Waals surface area contributed by atoms with Crippen molar-refractivity contribution in [1.82, 2.24) is 0 Å². The molecule has 0 aromatic heterocycles. The summed E-state index contributed by atoms with van der Waals surface area (Å²) in [4.78, 5) is 0. The third-order valence-corrected chi connectivity index (χ3v) is 4.41. The van der Waals surface area contributed by atoms with Crippen LogP contribution < -0.4 is 14.8 Å². The number of ether oxygens (including phenoxy) is 2. The molecular weight excluding hydrogens is 378 g/mol. The van der Waals surface area contributed by atoms with Gasteiger partial charge in [-0.1, -0.05) is 17.7 Å². The van der Waals surface area contributed by atoms with Crippen LogP contribution in [-0.4, -0.2) is 13.2 Å². The van der Waals surface area contributed by atoms with Gasteiger partial charge in [0.1, 0.15) is 0 Å². The summed E-state index contributed by atoms with van der Waals surface area (Å²) in [5.41, 5.74) is 3.17. The zero-order chi connectivity index (χ0) is 16.8. The molecule has 0 amide bonds. The Kier molecular flexibility index (Phi) is 6.60. The van der Waals surface area contributed by atoms with Gasteiger partial charge in [0, 0.05) is 17.3 Å². The molecule has 3 nitrogen and oxygen atoms in total. The summed E-state index contributed by atoms with van der Waals surface area (Å²) in [5, 5.41) is 4.18. The fourth-order valence-corrected chi connectivity index (χ4v) is 3.05. The van der Waals surface area contributed by atoms with Crippen molar-refractivity contribution in [3.8, 4) is 11.5 Å². The van der Waals surface area contributed by atoms with Gasteiger partial charge in [-0.05, 0) is 72.1 Å². The first-order chi connectivity index (χ1) is 11.1. The molecule has 1 N–H and O–H groups in total. The highest BCUT2D eigenvalue weighted by atomic mass is 79.9. The molecule has 0 radical (unpaired) electrons. The predicted octanol–water partition coefficient (Wildman–Crippen LogP) is 5.82. The van der Waals surface area contributed by atoms with Crippen LogP contribution in [0.5, 0.6) is 11.5 Å². The lowest BCUT2D eigenvalue weighted by Crippen LogP contribution is -2.04. The van der Waals surface area contributed by atoms with Gasteiger partial charge >= 0.3 is 0 Å². The third-order valence-electron chi connectivity index (χ3n) is 3.41. The van der Waals surface area contributed by atoms with E-state index >= 15 is 0 Å². The lowest BCUT2D eigenvalue weighted by molar-refractivity contribution is 0.286. The normalized spacial score (nSPS) is 10.5. The molecule has 124 valence electrons. The standard InChI is InChI=1S/C18H21BrClNO2/c1-4-22-17-10-13(9-14(19)18(17)23-5-2)11-21-16-8-6-7-15(20)12(16)3/h6-10,21H,4-5,11H2,1-3H3.